The Labute approximate surface area is 246 Å². The van der Waals surface area contributed by atoms with Gasteiger partial charge in [-0.1, -0.05) is 48.5 Å². The molecular formula is C29H36F3N5O6. The average molecular weight is 608 g/mol. The van der Waals surface area contributed by atoms with Crippen LogP contribution in [0.2, 0.25) is 0 Å². The molecule has 2 aromatic carbocycles. The number of halogens is 3. The number of nitrogens with zero attached hydrogens (tertiary/aromatic N) is 2. The van der Waals surface area contributed by atoms with E-state index in [1.165, 1.54) is 18.0 Å². The summed E-state index contributed by atoms with van der Waals surface area (Å²) in [4.78, 5) is 48.9. The molecule has 14 heteroatoms. The molecule has 3 rings (SSSR count). The molecule has 1 heterocycles. The minimum absolute atomic E-state index is 0.318. The molecule has 0 aliphatic heterocycles. The molecule has 1 aromatic heterocycles. The fourth-order valence-electron chi connectivity index (χ4n) is 3.61. The van der Waals surface area contributed by atoms with Gasteiger partial charge in [0.25, 0.3) is 0 Å². The lowest BCUT2D eigenvalue weighted by Gasteiger charge is -2.29. The number of aryl methyl sites for hydroxylation is 1. The number of para-hydroxylation sites is 1. The van der Waals surface area contributed by atoms with Crippen molar-refractivity contribution in [1.29, 1.82) is 0 Å². The summed E-state index contributed by atoms with van der Waals surface area (Å²) in [5.41, 5.74) is 18.9. The summed E-state index contributed by atoms with van der Waals surface area (Å²) in [6, 6.07) is 17.6. The smallest absolute Gasteiger partial charge is 0.480 e. The number of carbonyl (C=O) groups is 4. The summed E-state index contributed by atoms with van der Waals surface area (Å²) in [6.07, 6.45) is -1.00. The van der Waals surface area contributed by atoms with E-state index in [9.17, 15) is 32.7 Å². The number of alkyl halides is 3. The molecule has 0 aliphatic rings. The number of carboxylic acid groups (broad SMARTS) is 2. The van der Waals surface area contributed by atoms with E-state index >= 15 is 0 Å². The van der Waals surface area contributed by atoms with Gasteiger partial charge in [0.05, 0.1) is 17.1 Å². The summed E-state index contributed by atoms with van der Waals surface area (Å²) in [6.45, 7) is 2.35. The molecule has 0 unspecified atom stereocenters. The fourth-order valence-corrected chi connectivity index (χ4v) is 3.61. The Morgan fingerprint density at radius 2 is 1.56 bits per heavy atom. The third-order valence-electron chi connectivity index (χ3n) is 5.97. The Morgan fingerprint density at radius 1 is 0.977 bits per heavy atom. The van der Waals surface area contributed by atoms with Crippen molar-refractivity contribution in [1.82, 2.24) is 9.88 Å². The zero-order valence-corrected chi connectivity index (χ0v) is 23.5. The van der Waals surface area contributed by atoms with Crippen LogP contribution in [0, 0.1) is 0 Å². The minimum atomic E-state index is -5.08. The van der Waals surface area contributed by atoms with Crippen LogP contribution in [-0.2, 0) is 20.8 Å². The van der Waals surface area contributed by atoms with Crippen molar-refractivity contribution in [3.8, 4) is 0 Å². The quantitative estimate of drug-likeness (QED) is 0.217. The molecule has 0 saturated heterocycles. The van der Waals surface area contributed by atoms with Gasteiger partial charge < -0.3 is 32.3 Å². The van der Waals surface area contributed by atoms with Gasteiger partial charge in [-0.25, -0.2) is 9.59 Å². The summed E-state index contributed by atoms with van der Waals surface area (Å²) in [5.74, 6) is -4.55. The van der Waals surface area contributed by atoms with E-state index in [1.807, 2.05) is 54.6 Å². The lowest BCUT2D eigenvalue weighted by atomic mass is 10.1. The summed E-state index contributed by atoms with van der Waals surface area (Å²) < 4.78 is 31.7. The van der Waals surface area contributed by atoms with Gasteiger partial charge in [0.2, 0.25) is 11.8 Å². The number of hydrogen-bond donors (Lipinski definition) is 5. The van der Waals surface area contributed by atoms with Gasteiger partial charge in [-0.3, -0.25) is 14.6 Å². The molecule has 0 aliphatic carbocycles. The predicted octanol–water partition coefficient (Wildman–Crippen LogP) is 2.95. The maximum absolute atomic E-state index is 12.4. The molecule has 8 N–H and O–H groups in total. The SMILES string of the molecule is C[C@@H](C(=O)O)N(CCCc1ccccc1)C(=O)[C@H](N)CCCN.NC(=O)c1cnc2ccccc2c1.O=C(O)C(F)(F)F. The molecule has 43 heavy (non-hydrogen) atoms. The number of carbonyl (C=O) groups excluding carboxylic acids is 2. The van der Waals surface area contributed by atoms with E-state index in [0.717, 1.165) is 22.9 Å². The molecule has 3 aromatic rings. The van der Waals surface area contributed by atoms with Crippen LogP contribution in [0.1, 0.15) is 42.1 Å². The van der Waals surface area contributed by atoms with Crippen LogP contribution < -0.4 is 17.2 Å². The Hall–Kier alpha value is -4.56. The number of amides is 2. The van der Waals surface area contributed by atoms with Crippen LogP contribution >= 0.6 is 0 Å². The Balaban J connectivity index is 0.000000383. The first-order chi connectivity index (χ1) is 20.2. The van der Waals surface area contributed by atoms with Gasteiger partial charge in [-0.05, 0) is 56.8 Å². The standard InChI is InChI=1S/C17H27N3O3.C10H8N2O.C2HF3O2/c1-13(17(22)23)20(16(21)15(19)10-5-11-18)12-6-9-14-7-3-2-4-8-14;11-10(13)8-5-7-3-1-2-4-9(7)12-6-8;3-2(4,5)1(6)7/h2-4,7-8,13,15H,5-6,9-12,18-19H2,1H3,(H,22,23);1-6H,(H2,11,13);(H,6,7)/t13-,15+;;/m0../s1. The zero-order chi connectivity index (χ0) is 32.6. The van der Waals surface area contributed by atoms with Crippen LogP contribution in [0.25, 0.3) is 10.9 Å². The second kappa shape index (κ2) is 18.1. The summed E-state index contributed by atoms with van der Waals surface area (Å²) in [7, 11) is 0. The van der Waals surface area contributed by atoms with Crippen molar-refractivity contribution in [2.24, 2.45) is 17.2 Å². The van der Waals surface area contributed by atoms with Gasteiger partial charge in [-0.2, -0.15) is 13.2 Å². The monoisotopic (exact) mass is 607 g/mol. The largest absolute Gasteiger partial charge is 0.490 e. The van der Waals surface area contributed by atoms with Crippen molar-refractivity contribution in [3.05, 3.63) is 78.0 Å². The van der Waals surface area contributed by atoms with E-state index < -0.39 is 36.1 Å². The zero-order valence-electron chi connectivity index (χ0n) is 23.5. The lowest BCUT2D eigenvalue weighted by Crippen LogP contribution is -2.50. The van der Waals surface area contributed by atoms with Crippen molar-refractivity contribution < 1.29 is 42.6 Å². The number of aliphatic carboxylic acids is 2. The third-order valence-corrected chi connectivity index (χ3v) is 5.97. The van der Waals surface area contributed by atoms with E-state index in [2.05, 4.69) is 4.98 Å². The van der Waals surface area contributed by atoms with E-state index in [1.54, 1.807) is 6.07 Å². The molecule has 11 nitrogen and oxygen atoms in total. The second-order valence-corrected chi connectivity index (χ2v) is 9.26. The van der Waals surface area contributed by atoms with E-state index in [-0.39, 0.29) is 5.91 Å². The highest BCUT2D eigenvalue weighted by Crippen LogP contribution is 2.14. The molecule has 0 fully saturated rings. The molecule has 0 bridgehead atoms. The van der Waals surface area contributed by atoms with Crippen LogP contribution in [-0.4, -0.2) is 75.2 Å². The van der Waals surface area contributed by atoms with Crippen LogP contribution in [0.5, 0.6) is 0 Å². The number of rotatable bonds is 11. The predicted molar refractivity (Wildman–Crippen MR) is 154 cm³/mol. The first-order valence-electron chi connectivity index (χ1n) is 13.2. The van der Waals surface area contributed by atoms with Gasteiger partial charge in [0.15, 0.2) is 0 Å². The number of fused-ring (bicyclic) bond motifs is 1. The highest BCUT2D eigenvalue weighted by Gasteiger charge is 2.38. The minimum Gasteiger partial charge on any atom is -0.480 e. The lowest BCUT2D eigenvalue weighted by molar-refractivity contribution is -0.192. The highest BCUT2D eigenvalue weighted by atomic mass is 19.4. The average Bonchev–Trinajstić information content (AvgIpc) is 2.97. The topological polar surface area (TPSA) is 203 Å². The number of nitrogens with two attached hydrogens (primary N) is 3. The summed E-state index contributed by atoms with van der Waals surface area (Å²) >= 11 is 0. The Morgan fingerprint density at radius 3 is 2.09 bits per heavy atom. The van der Waals surface area contributed by atoms with E-state index in [0.29, 0.717) is 37.9 Å². The van der Waals surface area contributed by atoms with Gasteiger partial charge >= 0.3 is 18.1 Å². The van der Waals surface area contributed by atoms with Crippen molar-refractivity contribution in [2.75, 3.05) is 13.1 Å². The van der Waals surface area contributed by atoms with Crippen LogP contribution in [0.15, 0.2) is 66.9 Å². The molecule has 234 valence electrons. The highest BCUT2D eigenvalue weighted by molar-refractivity contribution is 5.96. The molecule has 0 spiro atoms. The Bertz CT molecular complexity index is 1340. The molecular weight excluding hydrogens is 571 g/mol. The number of aromatic nitrogens is 1. The molecule has 2 amide bonds. The maximum atomic E-state index is 12.4. The van der Waals surface area contributed by atoms with Crippen molar-refractivity contribution in [3.63, 3.8) is 0 Å². The number of primary amides is 1. The number of pyridine rings is 1. The number of hydrogen-bond acceptors (Lipinski definition) is 7. The number of benzene rings is 2. The molecule has 0 radical (unpaired) electrons. The third kappa shape index (κ3) is 13.3. The van der Waals surface area contributed by atoms with Crippen molar-refractivity contribution in [2.45, 2.75) is 50.9 Å². The molecule has 2 atom stereocenters. The maximum Gasteiger partial charge on any atom is 0.490 e. The summed E-state index contributed by atoms with van der Waals surface area (Å²) in [5, 5.41) is 17.3. The van der Waals surface area contributed by atoms with Crippen LogP contribution in [0.3, 0.4) is 0 Å². The Kier molecular flexibility index (Phi) is 15.3. The van der Waals surface area contributed by atoms with E-state index in [4.69, 9.17) is 27.1 Å². The normalized spacial score (nSPS) is 12.0. The van der Waals surface area contributed by atoms with Gasteiger partial charge in [-0.15, -0.1) is 0 Å². The molecule has 0 saturated carbocycles. The first kappa shape index (κ1) is 36.5. The first-order valence-corrected chi connectivity index (χ1v) is 13.2. The fraction of sp³-hybridized carbons (Fsp3) is 0.345. The van der Waals surface area contributed by atoms with Gasteiger partial charge in [0.1, 0.15) is 6.04 Å². The number of carboxylic acids is 2. The van der Waals surface area contributed by atoms with Crippen LogP contribution in [0.4, 0.5) is 13.2 Å². The second-order valence-electron chi connectivity index (χ2n) is 9.26. The van der Waals surface area contributed by atoms with Crippen molar-refractivity contribution >= 4 is 34.7 Å². The van der Waals surface area contributed by atoms with Gasteiger partial charge in [0, 0.05) is 18.1 Å².